The van der Waals surface area contributed by atoms with Gasteiger partial charge in [-0.05, 0) is 41.5 Å². The van der Waals surface area contributed by atoms with E-state index in [0.717, 1.165) is 5.56 Å². The fourth-order valence-corrected chi connectivity index (χ4v) is 2.32. The molecule has 2 aromatic carbocycles. The van der Waals surface area contributed by atoms with Crippen LogP contribution in [0.2, 0.25) is 0 Å². The average molecular weight is 313 g/mol. The maximum atomic E-state index is 13.0. The zero-order chi connectivity index (χ0) is 16.4. The summed E-state index contributed by atoms with van der Waals surface area (Å²) in [4.78, 5) is 12.1. The van der Waals surface area contributed by atoms with Crippen molar-refractivity contribution in [2.24, 2.45) is 0 Å². The molecule has 0 saturated carbocycles. The molecule has 0 spiro atoms. The molecule has 3 nitrogen and oxygen atoms in total. The van der Waals surface area contributed by atoms with E-state index in [0.29, 0.717) is 11.1 Å². The highest BCUT2D eigenvalue weighted by molar-refractivity contribution is 5.63. The number of hydrogen-bond acceptors (Lipinski definition) is 2. The van der Waals surface area contributed by atoms with Crippen LogP contribution in [0.5, 0.6) is 5.75 Å². The van der Waals surface area contributed by atoms with E-state index in [9.17, 15) is 18.7 Å². The number of hydrogen-bond donors (Lipinski definition) is 1. The van der Waals surface area contributed by atoms with Gasteiger partial charge in [0.05, 0.1) is 6.54 Å². The quantitative estimate of drug-likeness (QED) is 0.803. The first kappa shape index (κ1) is 15.0. The van der Waals surface area contributed by atoms with Crippen LogP contribution in [-0.4, -0.2) is 9.67 Å². The molecule has 5 heteroatoms. The molecular formula is C18H13F2NO2. The number of aromatic hydroxyl groups is 1. The molecule has 0 unspecified atom stereocenters. The predicted octanol–water partition coefficient (Wildman–Crippen LogP) is 3.55. The molecular weight excluding hydrogens is 300 g/mol. The van der Waals surface area contributed by atoms with Crippen molar-refractivity contribution in [2.45, 2.75) is 6.54 Å². The lowest BCUT2D eigenvalue weighted by atomic mass is 10.1. The third-order valence-electron chi connectivity index (χ3n) is 3.51. The molecule has 0 radical (unpaired) electrons. The number of aromatic nitrogens is 1. The van der Waals surface area contributed by atoms with Crippen molar-refractivity contribution in [2.75, 3.05) is 0 Å². The summed E-state index contributed by atoms with van der Waals surface area (Å²) in [6.07, 6.45) is 1.58. The largest absolute Gasteiger partial charge is 0.503 e. The van der Waals surface area contributed by atoms with Crippen LogP contribution in [0.25, 0.3) is 11.1 Å². The summed E-state index contributed by atoms with van der Waals surface area (Å²) in [6.45, 7) is 0.196. The Bertz CT molecular complexity index is 884. The monoisotopic (exact) mass is 313 g/mol. The lowest BCUT2D eigenvalue weighted by Gasteiger charge is -2.10. The second-order valence-electron chi connectivity index (χ2n) is 5.18. The van der Waals surface area contributed by atoms with Gasteiger partial charge in [-0.15, -0.1) is 0 Å². The Morgan fingerprint density at radius 2 is 1.43 bits per heavy atom. The van der Waals surface area contributed by atoms with E-state index in [2.05, 4.69) is 0 Å². The van der Waals surface area contributed by atoms with Gasteiger partial charge < -0.3 is 9.67 Å². The molecule has 0 bridgehead atoms. The smallest absolute Gasteiger partial charge is 0.292 e. The normalized spacial score (nSPS) is 10.7. The van der Waals surface area contributed by atoms with E-state index >= 15 is 0 Å². The van der Waals surface area contributed by atoms with Crippen LogP contribution in [0.15, 0.2) is 65.6 Å². The Balaban J connectivity index is 2.01. The molecule has 0 atom stereocenters. The molecule has 0 aliphatic heterocycles. The van der Waals surface area contributed by atoms with Crippen molar-refractivity contribution < 1.29 is 13.9 Å². The number of pyridine rings is 1. The minimum Gasteiger partial charge on any atom is -0.503 e. The molecule has 23 heavy (non-hydrogen) atoms. The summed E-state index contributed by atoms with van der Waals surface area (Å²) in [5, 5.41) is 9.85. The topological polar surface area (TPSA) is 42.2 Å². The minimum absolute atomic E-state index is 0.196. The van der Waals surface area contributed by atoms with Gasteiger partial charge in [-0.25, -0.2) is 8.78 Å². The third-order valence-corrected chi connectivity index (χ3v) is 3.51. The molecule has 1 heterocycles. The second kappa shape index (κ2) is 6.04. The Morgan fingerprint density at radius 1 is 0.870 bits per heavy atom. The fourth-order valence-electron chi connectivity index (χ4n) is 2.32. The van der Waals surface area contributed by atoms with Gasteiger partial charge in [-0.2, -0.15) is 0 Å². The molecule has 0 aliphatic rings. The minimum atomic E-state index is -0.541. The van der Waals surface area contributed by atoms with Crippen molar-refractivity contribution in [1.29, 1.82) is 0 Å². The Morgan fingerprint density at radius 3 is 2.04 bits per heavy atom. The lowest BCUT2D eigenvalue weighted by Crippen LogP contribution is -2.19. The number of nitrogens with zero attached hydrogens (tertiary/aromatic N) is 1. The molecule has 0 amide bonds. The van der Waals surface area contributed by atoms with E-state index < -0.39 is 11.3 Å². The van der Waals surface area contributed by atoms with Gasteiger partial charge in [0.15, 0.2) is 5.75 Å². The highest BCUT2D eigenvalue weighted by Gasteiger charge is 2.08. The summed E-state index contributed by atoms with van der Waals surface area (Å²) in [5.41, 5.74) is 1.45. The zero-order valence-corrected chi connectivity index (χ0v) is 12.0. The number of rotatable bonds is 3. The van der Waals surface area contributed by atoms with Gasteiger partial charge in [0.1, 0.15) is 11.6 Å². The molecule has 0 aliphatic carbocycles. The van der Waals surface area contributed by atoms with Crippen LogP contribution in [0.3, 0.4) is 0 Å². The van der Waals surface area contributed by atoms with Crippen LogP contribution in [0, 0.1) is 11.6 Å². The molecule has 1 N–H and O–H groups in total. The molecule has 3 aromatic rings. The molecule has 0 fully saturated rings. The Kier molecular flexibility index (Phi) is 3.93. The van der Waals surface area contributed by atoms with E-state index in [1.807, 2.05) is 0 Å². The Hall–Kier alpha value is -2.95. The van der Waals surface area contributed by atoms with E-state index in [1.54, 1.807) is 30.5 Å². The van der Waals surface area contributed by atoms with Crippen molar-refractivity contribution in [3.63, 3.8) is 0 Å². The van der Waals surface area contributed by atoms with Crippen molar-refractivity contribution >= 4 is 0 Å². The number of halogens is 2. The highest BCUT2D eigenvalue weighted by atomic mass is 19.1. The van der Waals surface area contributed by atoms with Gasteiger partial charge in [-0.3, -0.25) is 4.79 Å². The van der Waals surface area contributed by atoms with Crippen LogP contribution in [0.1, 0.15) is 5.56 Å². The van der Waals surface area contributed by atoms with Crippen molar-refractivity contribution in [1.82, 2.24) is 4.57 Å². The third kappa shape index (κ3) is 3.29. The molecule has 1 aromatic heterocycles. The SMILES string of the molecule is O=c1c(O)cc(-c2ccc(F)cc2)cn1Cc1ccc(F)cc1. The van der Waals surface area contributed by atoms with Crippen molar-refractivity contribution in [3.8, 4) is 16.9 Å². The van der Waals surface area contributed by atoms with Gasteiger partial charge in [0.25, 0.3) is 5.56 Å². The first-order chi connectivity index (χ1) is 11.0. The number of benzene rings is 2. The van der Waals surface area contributed by atoms with Crippen molar-refractivity contribution in [3.05, 3.63) is 88.3 Å². The summed E-state index contributed by atoms with van der Waals surface area (Å²) in [7, 11) is 0. The first-order valence-electron chi connectivity index (χ1n) is 6.97. The van der Waals surface area contributed by atoms with Crippen LogP contribution < -0.4 is 5.56 Å². The molecule has 116 valence electrons. The average Bonchev–Trinajstić information content (AvgIpc) is 2.54. The van der Waals surface area contributed by atoms with Gasteiger partial charge in [0, 0.05) is 11.8 Å². The summed E-state index contributed by atoms with van der Waals surface area (Å²) in [5.74, 6) is -1.12. The Labute approximate surface area is 131 Å². The van der Waals surface area contributed by atoms with Crippen LogP contribution in [-0.2, 0) is 6.54 Å². The molecule has 0 saturated heterocycles. The van der Waals surface area contributed by atoms with Gasteiger partial charge in [0.2, 0.25) is 0 Å². The van der Waals surface area contributed by atoms with E-state index in [-0.39, 0.29) is 18.2 Å². The summed E-state index contributed by atoms with van der Waals surface area (Å²) in [6, 6.07) is 12.9. The zero-order valence-electron chi connectivity index (χ0n) is 12.0. The standard InChI is InChI=1S/C18H13F2NO2/c19-15-5-1-12(2-6-15)10-21-11-14(9-17(22)18(21)23)13-3-7-16(20)8-4-13/h1-9,11,22H,10H2. The van der Waals surface area contributed by atoms with Gasteiger partial charge in [-0.1, -0.05) is 24.3 Å². The predicted molar refractivity (Wildman–Crippen MR) is 83.3 cm³/mol. The first-order valence-corrected chi connectivity index (χ1v) is 6.97. The van der Waals surface area contributed by atoms with Gasteiger partial charge >= 0.3 is 0 Å². The van der Waals surface area contributed by atoms with Crippen LogP contribution in [0.4, 0.5) is 8.78 Å². The maximum Gasteiger partial charge on any atom is 0.292 e. The lowest BCUT2D eigenvalue weighted by molar-refractivity contribution is 0.459. The molecule has 3 rings (SSSR count). The van der Waals surface area contributed by atoms with E-state index in [4.69, 9.17) is 0 Å². The van der Waals surface area contributed by atoms with Crippen LogP contribution >= 0.6 is 0 Å². The van der Waals surface area contributed by atoms with E-state index in [1.165, 1.54) is 34.9 Å². The fraction of sp³-hybridized carbons (Fsp3) is 0.0556. The summed E-state index contributed by atoms with van der Waals surface area (Å²) >= 11 is 0. The highest BCUT2D eigenvalue weighted by Crippen LogP contribution is 2.21. The summed E-state index contributed by atoms with van der Waals surface area (Å²) < 4.78 is 27.3. The maximum absolute atomic E-state index is 13.0. The second-order valence-corrected chi connectivity index (χ2v) is 5.18.